The fourth-order valence-corrected chi connectivity index (χ4v) is 1.48. The first kappa shape index (κ1) is 20.2. The molecule has 0 aromatic heterocycles. The van der Waals surface area contributed by atoms with E-state index in [-0.39, 0.29) is 18.7 Å². The zero-order valence-electron chi connectivity index (χ0n) is 13.5. The quantitative estimate of drug-likeness (QED) is 0.461. The topological polar surface area (TPSA) is 131 Å². The van der Waals surface area contributed by atoms with Crippen molar-refractivity contribution in [1.29, 1.82) is 0 Å². The van der Waals surface area contributed by atoms with Gasteiger partial charge < -0.3 is 26.2 Å². The van der Waals surface area contributed by atoms with Crippen molar-refractivity contribution in [2.45, 2.75) is 58.1 Å². The van der Waals surface area contributed by atoms with E-state index in [1.165, 1.54) is 0 Å². The second-order valence-corrected chi connectivity index (χ2v) is 5.97. The Morgan fingerprint density at radius 2 is 1.68 bits per heavy atom. The van der Waals surface area contributed by atoms with Crippen molar-refractivity contribution in [2.75, 3.05) is 13.1 Å². The molecule has 0 heterocycles. The highest BCUT2D eigenvalue weighted by molar-refractivity contribution is 5.78. The summed E-state index contributed by atoms with van der Waals surface area (Å²) in [4.78, 5) is 33.2. The Kier molecular flexibility index (Phi) is 9.16. The largest absolute Gasteiger partial charge is 0.480 e. The lowest BCUT2D eigenvalue weighted by Crippen LogP contribution is -2.34. The molecule has 0 aromatic rings. The van der Waals surface area contributed by atoms with Gasteiger partial charge in [0.05, 0.1) is 0 Å². The number of rotatable bonds is 9. The lowest BCUT2D eigenvalue weighted by atomic mass is 10.1. The van der Waals surface area contributed by atoms with Gasteiger partial charge in [-0.1, -0.05) is 0 Å². The van der Waals surface area contributed by atoms with Gasteiger partial charge in [-0.05, 0) is 40.0 Å². The van der Waals surface area contributed by atoms with Crippen LogP contribution in [0.15, 0.2) is 0 Å². The van der Waals surface area contributed by atoms with Crippen molar-refractivity contribution in [2.24, 2.45) is 5.73 Å². The summed E-state index contributed by atoms with van der Waals surface area (Å²) in [6, 6.07) is -1.01. The minimum absolute atomic E-state index is 0.0869. The zero-order valence-corrected chi connectivity index (χ0v) is 13.5. The molecule has 0 aliphatic heterocycles. The molecule has 22 heavy (non-hydrogen) atoms. The maximum absolute atomic E-state index is 11.4. The van der Waals surface area contributed by atoms with Gasteiger partial charge in [0.25, 0.3) is 0 Å². The van der Waals surface area contributed by atoms with E-state index >= 15 is 0 Å². The molecule has 0 radical (unpaired) electrons. The number of carbonyl (C=O) groups is 3. The van der Waals surface area contributed by atoms with Gasteiger partial charge >= 0.3 is 12.1 Å². The van der Waals surface area contributed by atoms with Gasteiger partial charge in [0.1, 0.15) is 11.6 Å². The van der Waals surface area contributed by atoms with Crippen LogP contribution in [-0.4, -0.2) is 47.8 Å². The molecular formula is C14H27N3O5. The number of hydrogen-bond donors (Lipinski definition) is 4. The fraction of sp³-hybridized carbons (Fsp3) is 0.786. The number of ether oxygens (including phenoxy) is 1. The van der Waals surface area contributed by atoms with E-state index in [2.05, 4.69) is 10.6 Å². The van der Waals surface area contributed by atoms with Gasteiger partial charge in [-0.2, -0.15) is 0 Å². The molecule has 0 rings (SSSR count). The highest BCUT2D eigenvalue weighted by Crippen LogP contribution is 2.06. The number of nitrogens with one attached hydrogen (secondary N) is 2. The van der Waals surface area contributed by atoms with Gasteiger partial charge in [0.2, 0.25) is 5.91 Å². The second kappa shape index (κ2) is 9.99. The van der Waals surface area contributed by atoms with E-state index in [0.717, 1.165) is 0 Å². The standard InChI is InChI=1S/C14H27N3O5/c1-14(2,3)22-13(21)17-9-5-4-8-16-11(18)7-6-10(15)12(19)20/h10H,4-9,15H2,1-3H3,(H,16,18)(H,17,21)(H,19,20)/t10-/m0/s1. The van der Waals surface area contributed by atoms with E-state index in [4.69, 9.17) is 15.6 Å². The molecule has 0 aliphatic rings. The minimum atomic E-state index is -1.11. The average Bonchev–Trinajstić information content (AvgIpc) is 2.37. The van der Waals surface area contributed by atoms with Crippen LogP contribution in [0.2, 0.25) is 0 Å². The Bertz CT molecular complexity index is 379. The highest BCUT2D eigenvalue weighted by atomic mass is 16.6. The van der Waals surface area contributed by atoms with E-state index < -0.39 is 23.7 Å². The smallest absolute Gasteiger partial charge is 0.407 e. The summed E-state index contributed by atoms with van der Waals surface area (Å²) in [6.45, 7) is 6.31. The van der Waals surface area contributed by atoms with Crippen LogP contribution in [0.25, 0.3) is 0 Å². The molecule has 0 aromatic carbocycles. The molecule has 0 spiro atoms. The number of carboxylic acid groups (broad SMARTS) is 1. The van der Waals surface area contributed by atoms with Crippen molar-refractivity contribution in [1.82, 2.24) is 10.6 Å². The van der Waals surface area contributed by atoms with E-state index in [9.17, 15) is 14.4 Å². The Morgan fingerprint density at radius 3 is 2.18 bits per heavy atom. The maximum atomic E-state index is 11.4. The summed E-state index contributed by atoms with van der Waals surface area (Å²) in [5, 5.41) is 13.9. The first-order chi connectivity index (χ1) is 10.1. The summed E-state index contributed by atoms with van der Waals surface area (Å²) in [5.74, 6) is -1.34. The number of hydrogen-bond acceptors (Lipinski definition) is 5. The van der Waals surface area contributed by atoms with E-state index in [1.807, 2.05) is 0 Å². The zero-order chi connectivity index (χ0) is 17.2. The molecule has 8 heteroatoms. The lowest BCUT2D eigenvalue weighted by molar-refractivity contribution is -0.138. The molecular weight excluding hydrogens is 290 g/mol. The van der Waals surface area contributed by atoms with Gasteiger partial charge in [0.15, 0.2) is 0 Å². The number of carbonyl (C=O) groups excluding carboxylic acids is 2. The molecule has 0 saturated carbocycles. The maximum Gasteiger partial charge on any atom is 0.407 e. The van der Waals surface area contributed by atoms with Crippen LogP contribution >= 0.6 is 0 Å². The van der Waals surface area contributed by atoms with Gasteiger partial charge in [-0.25, -0.2) is 4.79 Å². The predicted octanol–water partition coefficient (Wildman–Crippen LogP) is 0.600. The lowest BCUT2D eigenvalue weighted by Gasteiger charge is -2.19. The summed E-state index contributed by atoms with van der Waals surface area (Å²) in [5.41, 5.74) is 4.78. The monoisotopic (exact) mass is 317 g/mol. The Morgan fingerprint density at radius 1 is 1.14 bits per heavy atom. The van der Waals surface area contributed by atoms with Crippen LogP contribution in [0, 0.1) is 0 Å². The SMILES string of the molecule is CC(C)(C)OC(=O)NCCCCNC(=O)CC[C@H](N)C(=O)O. The number of unbranched alkanes of at least 4 members (excludes halogenated alkanes) is 1. The molecule has 128 valence electrons. The van der Waals surface area contributed by atoms with Crippen LogP contribution in [0.4, 0.5) is 4.79 Å². The first-order valence-electron chi connectivity index (χ1n) is 7.34. The van der Waals surface area contributed by atoms with Crippen molar-refractivity contribution in [3.8, 4) is 0 Å². The Balaban J connectivity index is 3.55. The average molecular weight is 317 g/mol. The van der Waals surface area contributed by atoms with Gasteiger partial charge in [-0.3, -0.25) is 9.59 Å². The number of alkyl carbamates (subject to hydrolysis) is 1. The Labute approximate surface area is 130 Å². The van der Waals surface area contributed by atoms with Crippen LogP contribution in [0.1, 0.15) is 46.5 Å². The number of nitrogens with two attached hydrogens (primary N) is 1. The van der Waals surface area contributed by atoms with Crippen LogP contribution in [-0.2, 0) is 14.3 Å². The summed E-state index contributed by atoms with van der Waals surface area (Å²) in [6.07, 6.45) is 1.14. The predicted molar refractivity (Wildman–Crippen MR) is 81.3 cm³/mol. The molecule has 0 unspecified atom stereocenters. The molecule has 5 N–H and O–H groups in total. The van der Waals surface area contributed by atoms with Crippen molar-refractivity contribution < 1.29 is 24.2 Å². The van der Waals surface area contributed by atoms with Gasteiger partial charge in [-0.15, -0.1) is 0 Å². The second-order valence-electron chi connectivity index (χ2n) is 5.97. The van der Waals surface area contributed by atoms with Crippen LogP contribution in [0.5, 0.6) is 0 Å². The molecule has 0 bridgehead atoms. The summed E-state index contributed by atoms with van der Waals surface area (Å²) >= 11 is 0. The Hall–Kier alpha value is -1.83. The number of aliphatic carboxylic acids is 1. The summed E-state index contributed by atoms with van der Waals surface area (Å²) < 4.78 is 5.08. The summed E-state index contributed by atoms with van der Waals surface area (Å²) in [7, 11) is 0. The van der Waals surface area contributed by atoms with Crippen molar-refractivity contribution in [3.63, 3.8) is 0 Å². The molecule has 0 aliphatic carbocycles. The van der Waals surface area contributed by atoms with Crippen LogP contribution < -0.4 is 16.4 Å². The van der Waals surface area contributed by atoms with Crippen molar-refractivity contribution in [3.05, 3.63) is 0 Å². The highest BCUT2D eigenvalue weighted by Gasteiger charge is 2.15. The third-order valence-corrected chi connectivity index (χ3v) is 2.59. The minimum Gasteiger partial charge on any atom is -0.480 e. The molecule has 0 saturated heterocycles. The van der Waals surface area contributed by atoms with Crippen molar-refractivity contribution >= 4 is 18.0 Å². The van der Waals surface area contributed by atoms with E-state index in [1.54, 1.807) is 20.8 Å². The fourth-order valence-electron chi connectivity index (χ4n) is 1.48. The number of amides is 2. The van der Waals surface area contributed by atoms with Crippen LogP contribution in [0.3, 0.4) is 0 Å². The molecule has 8 nitrogen and oxygen atoms in total. The molecule has 2 amide bonds. The molecule has 0 fully saturated rings. The normalized spacial score (nSPS) is 12.4. The van der Waals surface area contributed by atoms with E-state index in [0.29, 0.717) is 25.9 Å². The molecule has 1 atom stereocenters. The number of carboxylic acids is 1. The third kappa shape index (κ3) is 12.0. The first-order valence-corrected chi connectivity index (χ1v) is 7.34. The van der Waals surface area contributed by atoms with Gasteiger partial charge in [0, 0.05) is 19.5 Å². The third-order valence-electron chi connectivity index (χ3n) is 2.59.